The van der Waals surface area contributed by atoms with Crippen molar-refractivity contribution in [1.82, 2.24) is 9.97 Å². The van der Waals surface area contributed by atoms with Gasteiger partial charge in [-0.15, -0.1) is 0 Å². The van der Waals surface area contributed by atoms with Gasteiger partial charge in [0, 0.05) is 28.7 Å². The molecule has 9 rings (SSSR count). The number of fused-ring (bicyclic) bond motifs is 6. The standard InChI is InChI=1S/C41H28N2Si/c1-4-14-28(15-5-1)39-36-26-29-16-10-11-21-33(29)40(36)43-41(42-39)30-24-25-35-34-22-12-13-23-37(34)44(38(35)27-30,31-17-6-2-7-18-31)32-19-8-3-9-20-32/h1-25,27H,26H2. The molecule has 1 aromatic heterocycles. The number of rotatable bonds is 4. The van der Waals surface area contributed by atoms with Gasteiger partial charge in [0.25, 0.3) is 0 Å². The lowest BCUT2D eigenvalue weighted by Crippen LogP contribution is -2.72. The Kier molecular flexibility index (Phi) is 5.62. The molecule has 3 heteroatoms. The molecule has 1 aliphatic carbocycles. The Hall–Kier alpha value is -5.38. The lowest BCUT2D eigenvalue weighted by atomic mass is 10.0. The number of benzene rings is 6. The smallest absolute Gasteiger partial charge is 0.180 e. The SMILES string of the molecule is c1ccc(-c2nc(-c3ccc4c(c3)[Si](c3ccccc3)(c3ccccc3)c3ccccc3-4)nc3c2Cc2ccccc2-3)cc1. The third-order valence-electron chi connectivity index (χ3n) is 9.41. The molecule has 0 atom stereocenters. The van der Waals surface area contributed by atoms with Crippen molar-refractivity contribution in [2.24, 2.45) is 0 Å². The molecule has 0 N–H and O–H groups in total. The quantitative estimate of drug-likeness (QED) is 0.217. The molecular formula is C41H28N2Si. The normalized spacial score (nSPS) is 13.5. The van der Waals surface area contributed by atoms with Gasteiger partial charge in [-0.05, 0) is 37.4 Å². The summed E-state index contributed by atoms with van der Waals surface area (Å²) in [6.07, 6.45) is 0.855. The second kappa shape index (κ2) is 9.83. The van der Waals surface area contributed by atoms with Crippen LogP contribution in [-0.4, -0.2) is 18.0 Å². The number of hydrogen-bond donors (Lipinski definition) is 0. The molecule has 0 amide bonds. The highest BCUT2D eigenvalue weighted by atomic mass is 28.3. The van der Waals surface area contributed by atoms with Crippen LogP contribution in [0.1, 0.15) is 11.1 Å². The highest BCUT2D eigenvalue weighted by molar-refractivity contribution is 7.22. The van der Waals surface area contributed by atoms with Crippen molar-refractivity contribution in [3.63, 3.8) is 0 Å². The third-order valence-corrected chi connectivity index (χ3v) is 14.3. The topological polar surface area (TPSA) is 25.8 Å². The van der Waals surface area contributed by atoms with Crippen molar-refractivity contribution in [3.8, 4) is 45.0 Å². The Labute approximate surface area is 258 Å². The van der Waals surface area contributed by atoms with E-state index in [0.717, 1.165) is 34.8 Å². The van der Waals surface area contributed by atoms with Gasteiger partial charge in [0.15, 0.2) is 13.9 Å². The summed E-state index contributed by atoms with van der Waals surface area (Å²) in [5.74, 6) is 0.780. The molecule has 2 aliphatic rings. The zero-order valence-electron chi connectivity index (χ0n) is 24.1. The predicted octanol–water partition coefficient (Wildman–Crippen LogP) is 6.74. The molecular weight excluding hydrogens is 549 g/mol. The van der Waals surface area contributed by atoms with Crippen LogP contribution >= 0.6 is 0 Å². The van der Waals surface area contributed by atoms with Crippen LogP contribution in [0.15, 0.2) is 158 Å². The number of aromatic nitrogens is 2. The average Bonchev–Trinajstić information content (AvgIpc) is 3.63. The monoisotopic (exact) mass is 576 g/mol. The molecule has 0 saturated heterocycles. The average molecular weight is 577 g/mol. The van der Waals surface area contributed by atoms with Crippen LogP contribution in [0.3, 0.4) is 0 Å². The number of nitrogens with zero attached hydrogens (tertiary/aromatic N) is 2. The van der Waals surface area contributed by atoms with Gasteiger partial charge in [-0.25, -0.2) is 9.97 Å². The predicted molar refractivity (Wildman–Crippen MR) is 184 cm³/mol. The van der Waals surface area contributed by atoms with Crippen molar-refractivity contribution in [2.45, 2.75) is 6.42 Å². The van der Waals surface area contributed by atoms with Crippen LogP contribution in [0, 0.1) is 0 Å². The van der Waals surface area contributed by atoms with Gasteiger partial charge < -0.3 is 0 Å². The van der Waals surface area contributed by atoms with E-state index in [1.165, 1.54) is 48.6 Å². The Morgan fingerprint density at radius 3 is 1.73 bits per heavy atom. The zero-order chi connectivity index (χ0) is 29.1. The van der Waals surface area contributed by atoms with E-state index in [1.54, 1.807) is 0 Å². The maximum Gasteiger partial charge on any atom is 0.180 e. The summed E-state index contributed by atoms with van der Waals surface area (Å²) in [5, 5.41) is 5.63. The summed E-state index contributed by atoms with van der Waals surface area (Å²) in [5.41, 5.74) is 10.7. The molecule has 2 heterocycles. The van der Waals surface area contributed by atoms with Crippen molar-refractivity contribution >= 4 is 28.8 Å². The fourth-order valence-corrected chi connectivity index (χ4v) is 12.7. The molecule has 0 fully saturated rings. The van der Waals surface area contributed by atoms with E-state index < -0.39 is 8.07 Å². The van der Waals surface area contributed by atoms with Crippen LogP contribution in [-0.2, 0) is 6.42 Å². The minimum atomic E-state index is -2.60. The first kappa shape index (κ1) is 25.1. The summed E-state index contributed by atoms with van der Waals surface area (Å²) >= 11 is 0. The van der Waals surface area contributed by atoms with Gasteiger partial charge in [-0.2, -0.15) is 0 Å². The molecule has 206 valence electrons. The van der Waals surface area contributed by atoms with Crippen LogP contribution in [0.5, 0.6) is 0 Å². The van der Waals surface area contributed by atoms with E-state index in [4.69, 9.17) is 9.97 Å². The highest BCUT2D eigenvalue weighted by Gasteiger charge is 2.48. The molecule has 7 aromatic rings. The first-order valence-electron chi connectivity index (χ1n) is 15.2. The van der Waals surface area contributed by atoms with E-state index in [-0.39, 0.29) is 0 Å². The van der Waals surface area contributed by atoms with E-state index in [1.807, 2.05) is 0 Å². The van der Waals surface area contributed by atoms with Gasteiger partial charge in [-0.3, -0.25) is 0 Å². The van der Waals surface area contributed by atoms with Crippen LogP contribution in [0.25, 0.3) is 45.0 Å². The van der Waals surface area contributed by atoms with E-state index in [2.05, 4.69) is 158 Å². The molecule has 0 saturated carbocycles. The third kappa shape index (κ3) is 3.60. The first-order chi connectivity index (χ1) is 21.8. The van der Waals surface area contributed by atoms with E-state index in [9.17, 15) is 0 Å². The summed E-state index contributed by atoms with van der Waals surface area (Å²) < 4.78 is 0. The molecule has 0 spiro atoms. The number of hydrogen-bond acceptors (Lipinski definition) is 2. The largest absolute Gasteiger partial charge is 0.228 e. The Bertz CT molecular complexity index is 2150. The van der Waals surface area contributed by atoms with E-state index >= 15 is 0 Å². The molecule has 6 aromatic carbocycles. The molecule has 44 heavy (non-hydrogen) atoms. The van der Waals surface area contributed by atoms with Gasteiger partial charge in [0.1, 0.15) is 0 Å². The Morgan fingerprint density at radius 1 is 0.432 bits per heavy atom. The second-order valence-corrected chi connectivity index (χ2v) is 15.4. The van der Waals surface area contributed by atoms with E-state index in [0.29, 0.717) is 0 Å². The maximum absolute atomic E-state index is 5.34. The zero-order valence-corrected chi connectivity index (χ0v) is 25.1. The second-order valence-electron chi connectivity index (χ2n) is 11.7. The van der Waals surface area contributed by atoms with Crippen LogP contribution < -0.4 is 20.7 Å². The Balaban J connectivity index is 1.33. The summed E-state index contributed by atoms with van der Waals surface area (Å²) in [6, 6.07) is 57.5. The fraction of sp³-hybridized carbons (Fsp3) is 0.0244. The molecule has 0 radical (unpaired) electrons. The molecule has 2 nitrogen and oxygen atoms in total. The van der Waals surface area contributed by atoms with Gasteiger partial charge in [-0.1, -0.05) is 158 Å². The van der Waals surface area contributed by atoms with Crippen LogP contribution in [0.4, 0.5) is 0 Å². The van der Waals surface area contributed by atoms with Gasteiger partial charge in [0.05, 0.1) is 11.4 Å². The van der Waals surface area contributed by atoms with Crippen molar-refractivity contribution in [1.29, 1.82) is 0 Å². The van der Waals surface area contributed by atoms with Gasteiger partial charge >= 0.3 is 0 Å². The first-order valence-corrected chi connectivity index (χ1v) is 17.2. The van der Waals surface area contributed by atoms with Crippen molar-refractivity contribution in [3.05, 3.63) is 169 Å². The summed E-state index contributed by atoms with van der Waals surface area (Å²) in [6.45, 7) is 0. The van der Waals surface area contributed by atoms with Crippen molar-refractivity contribution < 1.29 is 0 Å². The van der Waals surface area contributed by atoms with Crippen LogP contribution in [0.2, 0.25) is 0 Å². The minimum absolute atomic E-state index is 0.780. The lowest BCUT2D eigenvalue weighted by Gasteiger charge is -2.31. The summed E-state index contributed by atoms with van der Waals surface area (Å²) in [4.78, 5) is 10.7. The molecule has 1 aliphatic heterocycles. The fourth-order valence-electron chi connectivity index (χ4n) is 7.52. The summed E-state index contributed by atoms with van der Waals surface area (Å²) in [7, 11) is -2.60. The lowest BCUT2D eigenvalue weighted by molar-refractivity contribution is 1.13. The highest BCUT2D eigenvalue weighted by Crippen LogP contribution is 2.41. The van der Waals surface area contributed by atoms with Crippen molar-refractivity contribution in [2.75, 3.05) is 0 Å². The molecule has 0 unspecified atom stereocenters. The molecule has 0 bridgehead atoms. The maximum atomic E-state index is 5.34. The van der Waals surface area contributed by atoms with Gasteiger partial charge in [0.2, 0.25) is 0 Å². The minimum Gasteiger partial charge on any atom is -0.228 e. The Morgan fingerprint density at radius 2 is 1.00 bits per heavy atom.